The highest BCUT2D eigenvalue weighted by Crippen LogP contribution is 2.22. The number of guanidine groups is 1. The quantitative estimate of drug-likeness (QED) is 0.579. The summed E-state index contributed by atoms with van der Waals surface area (Å²) in [5.41, 5.74) is 1.44. The molecule has 8 nitrogen and oxygen atoms in total. The van der Waals surface area contributed by atoms with Gasteiger partial charge in [0.2, 0.25) is 0 Å². The molecule has 2 fully saturated rings. The lowest BCUT2D eigenvalue weighted by Crippen LogP contribution is -2.53. The summed E-state index contributed by atoms with van der Waals surface area (Å²) in [5.74, 6) is 0.552. The van der Waals surface area contributed by atoms with Gasteiger partial charge in [-0.25, -0.2) is 14.2 Å². The molecule has 0 unspecified atom stereocenters. The Labute approximate surface area is 177 Å². The molecule has 1 amide bonds. The van der Waals surface area contributed by atoms with E-state index in [9.17, 15) is 9.18 Å². The van der Waals surface area contributed by atoms with Crippen LogP contribution in [0.15, 0.2) is 23.2 Å². The number of hydrogen-bond acceptors (Lipinski definition) is 5. The average molecular weight is 422 g/mol. The fourth-order valence-corrected chi connectivity index (χ4v) is 3.62. The average Bonchev–Trinajstić information content (AvgIpc) is 2.77. The number of nitrogens with zero attached hydrogens (tertiary/aromatic N) is 4. The second-order valence-corrected chi connectivity index (χ2v) is 7.23. The van der Waals surface area contributed by atoms with Crippen LogP contribution in [0.2, 0.25) is 0 Å². The van der Waals surface area contributed by atoms with Gasteiger partial charge in [0.1, 0.15) is 5.82 Å². The first-order valence-electron chi connectivity index (χ1n) is 10.7. The van der Waals surface area contributed by atoms with Gasteiger partial charge in [-0.2, -0.15) is 0 Å². The van der Waals surface area contributed by atoms with Crippen molar-refractivity contribution in [2.45, 2.75) is 20.4 Å². The van der Waals surface area contributed by atoms with Crippen molar-refractivity contribution in [1.82, 2.24) is 15.1 Å². The molecule has 0 aromatic heterocycles. The van der Waals surface area contributed by atoms with Gasteiger partial charge in [0, 0.05) is 45.8 Å². The lowest BCUT2D eigenvalue weighted by molar-refractivity contribution is 0.0914. The lowest BCUT2D eigenvalue weighted by atomic mass is 10.1. The number of carbonyl (C=O) groups is 1. The summed E-state index contributed by atoms with van der Waals surface area (Å²) in [4.78, 5) is 22.4. The molecule has 0 saturated carbocycles. The molecule has 1 aromatic rings. The Bertz CT molecular complexity index is 731. The number of ether oxygens (including phenoxy) is 2. The predicted molar refractivity (Wildman–Crippen MR) is 114 cm³/mol. The topological polar surface area (TPSA) is 69.6 Å². The van der Waals surface area contributed by atoms with Crippen LogP contribution < -0.4 is 10.2 Å². The minimum atomic E-state index is -0.269. The molecule has 3 rings (SSSR count). The van der Waals surface area contributed by atoms with Crippen LogP contribution in [-0.4, -0.2) is 87.5 Å². The van der Waals surface area contributed by atoms with E-state index in [1.165, 1.54) is 0 Å². The number of piperazine rings is 1. The van der Waals surface area contributed by atoms with Crippen LogP contribution in [0.1, 0.15) is 19.4 Å². The zero-order chi connectivity index (χ0) is 21.3. The van der Waals surface area contributed by atoms with Crippen molar-refractivity contribution in [3.63, 3.8) is 0 Å². The fraction of sp³-hybridized carbons (Fsp3) is 0.619. The Morgan fingerprint density at radius 3 is 2.47 bits per heavy atom. The third-order valence-electron chi connectivity index (χ3n) is 5.22. The second kappa shape index (κ2) is 11.0. The van der Waals surface area contributed by atoms with Gasteiger partial charge in [-0.15, -0.1) is 0 Å². The van der Waals surface area contributed by atoms with Crippen LogP contribution in [0.25, 0.3) is 0 Å². The largest absolute Gasteiger partial charge is 0.450 e. The maximum atomic E-state index is 14.6. The number of rotatable bonds is 5. The fourth-order valence-electron chi connectivity index (χ4n) is 3.62. The Balaban J connectivity index is 1.61. The van der Waals surface area contributed by atoms with Crippen LogP contribution >= 0.6 is 0 Å². The molecule has 2 saturated heterocycles. The van der Waals surface area contributed by atoms with Gasteiger partial charge in [0.25, 0.3) is 0 Å². The van der Waals surface area contributed by atoms with Crippen molar-refractivity contribution >= 4 is 17.7 Å². The van der Waals surface area contributed by atoms with E-state index in [2.05, 4.69) is 10.2 Å². The van der Waals surface area contributed by atoms with Crippen molar-refractivity contribution in [1.29, 1.82) is 0 Å². The number of amides is 1. The molecule has 9 heteroatoms. The van der Waals surface area contributed by atoms with Crippen LogP contribution in [0.3, 0.4) is 0 Å². The molecule has 2 heterocycles. The van der Waals surface area contributed by atoms with Crippen molar-refractivity contribution in [2.75, 3.05) is 70.5 Å². The third-order valence-corrected chi connectivity index (χ3v) is 5.22. The molecule has 166 valence electrons. The number of nitrogens with one attached hydrogen (secondary N) is 1. The Morgan fingerprint density at radius 2 is 1.83 bits per heavy atom. The molecule has 30 heavy (non-hydrogen) atoms. The number of hydrogen-bond donors (Lipinski definition) is 1. The van der Waals surface area contributed by atoms with Crippen molar-refractivity contribution in [3.05, 3.63) is 29.6 Å². The Kier molecular flexibility index (Phi) is 8.12. The SMILES string of the molecule is CCNC(=NCc1ccc(N2CCOCC2)c(F)c1)N1CCN(C(=O)OCC)CC1. The van der Waals surface area contributed by atoms with E-state index in [1.54, 1.807) is 17.9 Å². The highest BCUT2D eigenvalue weighted by Gasteiger charge is 2.23. The zero-order valence-electron chi connectivity index (χ0n) is 17.9. The molecule has 0 spiro atoms. The maximum absolute atomic E-state index is 14.6. The first kappa shape index (κ1) is 22.1. The minimum Gasteiger partial charge on any atom is -0.450 e. The van der Waals surface area contributed by atoms with Crippen LogP contribution in [-0.2, 0) is 16.0 Å². The van der Waals surface area contributed by atoms with Gasteiger partial charge in [0.15, 0.2) is 5.96 Å². The molecule has 1 aromatic carbocycles. The molecule has 1 N–H and O–H groups in total. The van der Waals surface area contributed by atoms with Crippen LogP contribution in [0.5, 0.6) is 0 Å². The van der Waals surface area contributed by atoms with Gasteiger partial charge < -0.3 is 29.5 Å². The second-order valence-electron chi connectivity index (χ2n) is 7.23. The summed E-state index contributed by atoms with van der Waals surface area (Å²) >= 11 is 0. The van der Waals surface area contributed by atoms with E-state index in [0.29, 0.717) is 71.3 Å². The normalized spacial score (nSPS) is 17.8. The highest BCUT2D eigenvalue weighted by atomic mass is 19.1. The standard InChI is InChI=1S/C21H32FN5O3/c1-3-23-20(26-7-9-27(10-8-26)21(28)30-4-2)24-16-17-5-6-19(18(22)15-17)25-11-13-29-14-12-25/h5-6,15H,3-4,7-14,16H2,1-2H3,(H,23,24). The molecular weight excluding hydrogens is 389 g/mol. The number of aliphatic imine (C=N–C) groups is 1. The minimum absolute atomic E-state index is 0.224. The van der Waals surface area contributed by atoms with Gasteiger partial charge in [-0.3, -0.25) is 0 Å². The van der Waals surface area contributed by atoms with Crippen LogP contribution in [0.4, 0.5) is 14.9 Å². The van der Waals surface area contributed by atoms with E-state index in [0.717, 1.165) is 18.1 Å². The number of halogens is 1. The van der Waals surface area contributed by atoms with Gasteiger partial charge in [-0.1, -0.05) is 6.07 Å². The Morgan fingerprint density at radius 1 is 1.13 bits per heavy atom. The van der Waals surface area contributed by atoms with Crippen molar-refractivity contribution in [3.8, 4) is 0 Å². The summed E-state index contributed by atoms with van der Waals surface area (Å²) in [5, 5.41) is 3.29. The molecule has 0 radical (unpaired) electrons. The van der Waals surface area contributed by atoms with E-state index in [1.807, 2.05) is 24.0 Å². The summed E-state index contributed by atoms with van der Waals surface area (Å²) < 4.78 is 25.0. The monoisotopic (exact) mass is 421 g/mol. The summed E-state index contributed by atoms with van der Waals surface area (Å²) in [6.45, 7) is 10.5. The van der Waals surface area contributed by atoms with Gasteiger partial charge >= 0.3 is 6.09 Å². The third kappa shape index (κ3) is 5.75. The summed E-state index contributed by atoms with van der Waals surface area (Å²) in [6, 6.07) is 5.33. The van der Waals surface area contributed by atoms with Crippen LogP contribution in [0, 0.1) is 5.82 Å². The summed E-state index contributed by atoms with van der Waals surface area (Å²) in [7, 11) is 0. The lowest BCUT2D eigenvalue weighted by Gasteiger charge is -2.35. The van der Waals surface area contributed by atoms with E-state index in [-0.39, 0.29) is 11.9 Å². The molecular formula is C21H32FN5O3. The van der Waals surface area contributed by atoms with Crippen molar-refractivity contribution in [2.24, 2.45) is 4.99 Å². The zero-order valence-corrected chi connectivity index (χ0v) is 17.9. The van der Waals surface area contributed by atoms with E-state index in [4.69, 9.17) is 14.5 Å². The molecule has 2 aliphatic rings. The maximum Gasteiger partial charge on any atom is 0.409 e. The van der Waals surface area contributed by atoms with Gasteiger partial charge in [0.05, 0.1) is 32.1 Å². The smallest absolute Gasteiger partial charge is 0.409 e. The van der Waals surface area contributed by atoms with Gasteiger partial charge in [-0.05, 0) is 31.5 Å². The number of anilines is 1. The molecule has 0 aliphatic carbocycles. The first-order valence-corrected chi connectivity index (χ1v) is 10.7. The van der Waals surface area contributed by atoms with Crippen molar-refractivity contribution < 1.29 is 18.7 Å². The molecule has 0 atom stereocenters. The Hall–Kier alpha value is -2.55. The summed E-state index contributed by atoms with van der Waals surface area (Å²) in [6.07, 6.45) is -0.269. The number of benzene rings is 1. The number of morpholine rings is 1. The first-order chi connectivity index (χ1) is 14.6. The molecule has 2 aliphatic heterocycles. The highest BCUT2D eigenvalue weighted by molar-refractivity contribution is 5.80. The molecule has 0 bridgehead atoms. The predicted octanol–water partition coefficient (Wildman–Crippen LogP) is 1.90. The van der Waals surface area contributed by atoms with E-state index >= 15 is 0 Å². The van der Waals surface area contributed by atoms with E-state index < -0.39 is 0 Å². The number of carbonyl (C=O) groups excluding carboxylic acids is 1.